The van der Waals surface area contributed by atoms with Gasteiger partial charge in [0, 0.05) is 27.9 Å². The molecule has 5 rings (SSSR count). The Morgan fingerprint density at radius 2 is 1.67 bits per heavy atom. The molecule has 0 spiro atoms. The van der Waals surface area contributed by atoms with E-state index in [1.165, 1.54) is 25.3 Å². The number of benzene rings is 4. The van der Waals surface area contributed by atoms with Gasteiger partial charge in [-0.3, -0.25) is 4.79 Å². The van der Waals surface area contributed by atoms with Crippen molar-refractivity contribution in [3.05, 3.63) is 109 Å². The van der Waals surface area contributed by atoms with E-state index in [9.17, 15) is 9.18 Å². The second kappa shape index (κ2) is 11.2. The Morgan fingerprint density at radius 3 is 2.38 bits per heavy atom. The molecule has 0 fully saturated rings. The standard InChI is InChI=1S/C31H27FN4O3/c1-20(2)39-25-15-13-24(14-16-25)36-19-33-30(35-36)21-8-11-23(12-9-21)34-31(37)22-10-17-28(32)27(18-22)26-6-4-5-7-29(26)38-3/h4-20H,1-3H3,(H,34,37). The fraction of sp³-hybridized carbons (Fsp3) is 0.129. The molecule has 39 heavy (non-hydrogen) atoms. The molecule has 0 radical (unpaired) electrons. The topological polar surface area (TPSA) is 78.3 Å². The predicted molar refractivity (Wildman–Crippen MR) is 149 cm³/mol. The highest BCUT2D eigenvalue weighted by Gasteiger charge is 2.15. The summed E-state index contributed by atoms with van der Waals surface area (Å²) in [7, 11) is 1.53. The van der Waals surface area contributed by atoms with Crippen LogP contribution in [0, 0.1) is 5.82 Å². The minimum absolute atomic E-state index is 0.105. The molecule has 7 nitrogen and oxygen atoms in total. The molecule has 1 amide bonds. The van der Waals surface area contributed by atoms with E-state index in [1.807, 2.05) is 50.2 Å². The Labute approximate surface area is 225 Å². The third-order valence-corrected chi connectivity index (χ3v) is 5.99. The molecule has 0 aliphatic heterocycles. The molecular formula is C31H27FN4O3. The monoisotopic (exact) mass is 522 g/mol. The Balaban J connectivity index is 1.29. The number of carbonyl (C=O) groups is 1. The second-order valence-corrected chi connectivity index (χ2v) is 9.10. The van der Waals surface area contributed by atoms with Crippen LogP contribution < -0.4 is 14.8 Å². The SMILES string of the molecule is COc1ccccc1-c1cc(C(=O)Nc2ccc(-c3ncn(-c4ccc(OC(C)C)cc4)n3)cc2)ccc1F. The lowest BCUT2D eigenvalue weighted by Gasteiger charge is -2.11. The van der Waals surface area contributed by atoms with Crippen LogP contribution in [0.1, 0.15) is 24.2 Å². The van der Waals surface area contributed by atoms with E-state index in [-0.39, 0.29) is 12.0 Å². The van der Waals surface area contributed by atoms with E-state index >= 15 is 0 Å². The van der Waals surface area contributed by atoms with Gasteiger partial charge in [0.05, 0.1) is 18.9 Å². The van der Waals surface area contributed by atoms with Gasteiger partial charge in [-0.05, 0) is 86.6 Å². The first-order chi connectivity index (χ1) is 18.9. The van der Waals surface area contributed by atoms with Crippen molar-refractivity contribution in [3.8, 4) is 39.7 Å². The van der Waals surface area contributed by atoms with Crippen LogP contribution >= 0.6 is 0 Å². The highest BCUT2D eigenvalue weighted by atomic mass is 19.1. The van der Waals surface area contributed by atoms with Crippen LogP contribution in [0.4, 0.5) is 10.1 Å². The molecule has 1 heterocycles. The number of para-hydroxylation sites is 1. The minimum atomic E-state index is -0.438. The first-order valence-corrected chi connectivity index (χ1v) is 12.4. The molecule has 0 aliphatic carbocycles. The molecule has 0 aliphatic rings. The zero-order chi connectivity index (χ0) is 27.4. The summed E-state index contributed by atoms with van der Waals surface area (Å²) in [6.07, 6.45) is 1.75. The first kappa shape index (κ1) is 25.7. The van der Waals surface area contributed by atoms with Crippen molar-refractivity contribution in [2.45, 2.75) is 20.0 Å². The molecule has 1 aromatic heterocycles. The van der Waals surface area contributed by atoms with Crippen molar-refractivity contribution in [2.75, 3.05) is 12.4 Å². The molecule has 0 unspecified atom stereocenters. The Kier molecular flexibility index (Phi) is 7.36. The Bertz CT molecular complexity index is 1600. The number of hydrogen-bond acceptors (Lipinski definition) is 5. The van der Waals surface area contributed by atoms with Crippen LogP contribution in [0.5, 0.6) is 11.5 Å². The van der Waals surface area contributed by atoms with Gasteiger partial charge in [0.2, 0.25) is 0 Å². The molecular weight excluding hydrogens is 495 g/mol. The lowest BCUT2D eigenvalue weighted by Crippen LogP contribution is -2.12. The number of nitrogens with one attached hydrogen (secondary N) is 1. The lowest BCUT2D eigenvalue weighted by molar-refractivity contribution is 0.102. The van der Waals surface area contributed by atoms with Crippen molar-refractivity contribution >= 4 is 11.6 Å². The van der Waals surface area contributed by atoms with Crippen LogP contribution in [0.2, 0.25) is 0 Å². The van der Waals surface area contributed by atoms with E-state index in [4.69, 9.17) is 9.47 Å². The highest BCUT2D eigenvalue weighted by molar-refractivity contribution is 6.05. The number of ether oxygens (including phenoxy) is 2. The number of anilines is 1. The van der Waals surface area contributed by atoms with Gasteiger partial charge in [-0.2, -0.15) is 0 Å². The van der Waals surface area contributed by atoms with E-state index in [1.54, 1.807) is 47.4 Å². The molecule has 4 aromatic carbocycles. The summed E-state index contributed by atoms with van der Waals surface area (Å²) >= 11 is 0. The zero-order valence-electron chi connectivity index (χ0n) is 21.8. The van der Waals surface area contributed by atoms with Gasteiger partial charge in [-0.15, -0.1) is 5.10 Å². The van der Waals surface area contributed by atoms with Crippen LogP contribution in [0.25, 0.3) is 28.2 Å². The minimum Gasteiger partial charge on any atom is -0.496 e. The summed E-state index contributed by atoms with van der Waals surface area (Å²) in [6.45, 7) is 3.97. The number of halogens is 1. The van der Waals surface area contributed by atoms with Crippen LogP contribution in [-0.4, -0.2) is 33.9 Å². The van der Waals surface area contributed by atoms with E-state index in [2.05, 4.69) is 15.4 Å². The smallest absolute Gasteiger partial charge is 0.255 e. The fourth-order valence-electron chi connectivity index (χ4n) is 4.12. The number of amides is 1. The van der Waals surface area contributed by atoms with Crippen LogP contribution in [0.3, 0.4) is 0 Å². The largest absolute Gasteiger partial charge is 0.496 e. The lowest BCUT2D eigenvalue weighted by atomic mass is 10.0. The van der Waals surface area contributed by atoms with Crippen molar-refractivity contribution in [3.63, 3.8) is 0 Å². The van der Waals surface area contributed by atoms with Gasteiger partial charge in [0.15, 0.2) is 5.82 Å². The summed E-state index contributed by atoms with van der Waals surface area (Å²) in [5, 5.41) is 7.43. The van der Waals surface area contributed by atoms with Gasteiger partial charge in [-0.1, -0.05) is 18.2 Å². The summed E-state index contributed by atoms with van der Waals surface area (Å²) < 4.78 is 27.4. The molecule has 1 N–H and O–H groups in total. The van der Waals surface area contributed by atoms with Crippen LogP contribution in [-0.2, 0) is 0 Å². The van der Waals surface area contributed by atoms with E-state index < -0.39 is 5.82 Å². The van der Waals surface area contributed by atoms with Crippen molar-refractivity contribution in [1.82, 2.24) is 14.8 Å². The van der Waals surface area contributed by atoms with Gasteiger partial charge >= 0.3 is 0 Å². The molecule has 0 bridgehead atoms. The highest BCUT2D eigenvalue weighted by Crippen LogP contribution is 2.32. The maximum atomic E-state index is 14.6. The molecule has 0 saturated carbocycles. The number of nitrogens with zero attached hydrogens (tertiary/aromatic N) is 3. The van der Waals surface area contributed by atoms with Crippen molar-refractivity contribution in [1.29, 1.82) is 0 Å². The maximum absolute atomic E-state index is 14.6. The van der Waals surface area contributed by atoms with Crippen molar-refractivity contribution < 1.29 is 18.7 Å². The third-order valence-electron chi connectivity index (χ3n) is 5.99. The average Bonchev–Trinajstić information content (AvgIpc) is 3.44. The number of aromatic nitrogens is 3. The quantitative estimate of drug-likeness (QED) is 0.243. The molecule has 196 valence electrons. The summed E-state index contributed by atoms with van der Waals surface area (Å²) in [6, 6.07) is 26.2. The van der Waals surface area contributed by atoms with Gasteiger partial charge < -0.3 is 14.8 Å². The average molecular weight is 523 g/mol. The summed E-state index contributed by atoms with van der Waals surface area (Å²) in [5.41, 5.74) is 3.44. The van der Waals surface area contributed by atoms with Crippen LogP contribution in [0.15, 0.2) is 97.3 Å². The molecule has 0 saturated heterocycles. The second-order valence-electron chi connectivity index (χ2n) is 9.10. The molecule has 8 heteroatoms. The van der Waals surface area contributed by atoms with Gasteiger partial charge in [0.1, 0.15) is 23.6 Å². The zero-order valence-corrected chi connectivity index (χ0v) is 21.8. The Morgan fingerprint density at radius 1 is 0.923 bits per heavy atom. The summed E-state index contributed by atoms with van der Waals surface area (Å²) in [5.74, 6) is 1.08. The predicted octanol–water partition coefficient (Wildman–Crippen LogP) is 6.79. The van der Waals surface area contributed by atoms with Gasteiger partial charge in [0.25, 0.3) is 5.91 Å². The normalized spacial score (nSPS) is 10.9. The van der Waals surface area contributed by atoms with E-state index in [0.29, 0.717) is 34.0 Å². The van der Waals surface area contributed by atoms with E-state index in [0.717, 1.165) is 17.0 Å². The number of hydrogen-bond donors (Lipinski definition) is 1. The molecule has 5 aromatic rings. The fourth-order valence-corrected chi connectivity index (χ4v) is 4.12. The maximum Gasteiger partial charge on any atom is 0.255 e. The number of methoxy groups -OCH3 is 1. The molecule has 0 atom stereocenters. The van der Waals surface area contributed by atoms with Gasteiger partial charge in [-0.25, -0.2) is 14.1 Å². The van der Waals surface area contributed by atoms with Crippen molar-refractivity contribution in [2.24, 2.45) is 0 Å². The number of rotatable bonds is 8. The number of carbonyl (C=O) groups excluding carboxylic acids is 1. The first-order valence-electron chi connectivity index (χ1n) is 12.4. The summed E-state index contributed by atoms with van der Waals surface area (Å²) in [4.78, 5) is 17.4. The Hall–Kier alpha value is -4.98. The third kappa shape index (κ3) is 5.80.